The zero-order chi connectivity index (χ0) is 19.3. The van der Waals surface area contributed by atoms with Gasteiger partial charge in [0, 0.05) is 31.3 Å². The minimum absolute atomic E-state index is 0.179. The van der Waals surface area contributed by atoms with E-state index in [0.717, 1.165) is 25.1 Å². The van der Waals surface area contributed by atoms with Crippen molar-refractivity contribution in [1.29, 1.82) is 0 Å². The summed E-state index contributed by atoms with van der Waals surface area (Å²) in [5.41, 5.74) is 3.90. The van der Waals surface area contributed by atoms with E-state index >= 15 is 0 Å². The Morgan fingerprint density at radius 3 is 2.89 bits per heavy atom. The van der Waals surface area contributed by atoms with Gasteiger partial charge in [0.25, 0.3) is 5.56 Å². The summed E-state index contributed by atoms with van der Waals surface area (Å²) in [5, 5.41) is 3.28. The second-order valence-corrected chi connectivity index (χ2v) is 6.85. The lowest BCUT2D eigenvalue weighted by atomic mass is 10.0. The molecular formula is C21H17FN4O2. The summed E-state index contributed by atoms with van der Waals surface area (Å²) in [5.74, 6) is -0.114. The molecule has 0 saturated heterocycles. The number of rotatable bonds is 2. The number of aromatic nitrogens is 3. The van der Waals surface area contributed by atoms with E-state index in [1.165, 1.54) is 22.1 Å². The molecule has 28 heavy (non-hydrogen) atoms. The van der Waals surface area contributed by atoms with Gasteiger partial charge in [0.1, 0.15) is 11.2 Å². The molecule has 0 fully saturated rings. The zero-order valence-corrected chi connectivity index (χ0v) is 15.2. The van der Waals surface area contributed by atoms with Crippen LogP contribution in [0.2, 0.25) is 0 Å². The second-order valence-electron chi connectivity index (χ2n) is 6.85. The molecule has 0 bridgehead atoms. The summed E-state index contributed by atoms with van der Waals surface area (Å²) in [7, 11) is 0. The summed E-state index contributed by atoms with van der Waals surface area (Å²) in [6.07, 6.45) is 4.87. The van der Waals surface area contributed by atoms with Crippen LogP contribution in [-0.2, 0) is 0 Å². The fourth-order valence-corrected chi connectivity index (χ4v) is 3.57. The fourth-order valence-electron chi connectivity index (χ4n) is 3.57. The second kappa shape index (κ2) is 6.38. The number of nitrogens with one attached hydrogen (secondary N) is 1. The largest absolute Gasteiger partial charge is 0.441 e. The molecule has 4 heterocycles. The van der Waals surface area contributed by atoms with Crippen LogP contribution in [0, 0.1) is 12.7 Å². The smallest absolute Gasteiger partial charge is 0.258 e. The lowest BCUT2D eigenvalue weighted by Crippen LogP contribution is -2.20. The third-order valence-electron chi connectivity index (χ3n) is 4.95. The zero-order valence-electron chi connectivity index (χ0n) is 15.2. The molecule has 0 unspecified atom stereocenters. The lowest BCUT2D eigenvalue weighted by Gasteiger charge is -2.15. The monoisotopic (exact) mass is 376 g/mol. The summed E-state index contributed by atoms with van der Waals surface area (Å²) in [6, 6.07) is 8.18. The van der Waals surface area contributed by atoms with E-state index in [0.29, 0.717) is 28.4 Å². The minimum Gasteiger partial charge on any atom is -0.441 e. The Labute approximate surface area is 159 Å². The standard InChI is InChI=1S/C21H17FN4O2/c1-12-24-21-16(22)8-15(9-18(21)28-12)17-10-20(27)26-11-14(2-3-19(26)25-17)13-4-6-23-7-5-13/h2-4,8-11,23H,5-7H2,1H3. The molecule has 0 spiro atoms. The van der Waals surface area contributed by atoms with Crippen molar-refractivity contribution in [3.63, 3.8) is 0 Å². The number of pyridine rings is 1. The van der Waals surface area contributed by atoms with Gasteiger partial charge in [-0.1, -0.05) is 6.08 Å². The molecule has 6 nitrogen and oxygen atoms in total. The Bertz CT molecular complexity index is 1320. The molecule has 1 aliphatic heterocycles. The molecule has 140 valence electrons. The van der Waals surface area contributed by atoms with Gasteiger partial charge in [-0.3, -0.25) is 9.20 Å². The highest BCUT2D eigenvalue weighted by molar-refractivity contribution is 5.80. The van der Waals surface area contributed by atoms with Gasteiger partial charge in [-0.15, -0.1) is 0 Å². The molecule has 3 aromatic heterocycles. The molecule has 1 N–H and O–H groups in total. The maximum atomic E-state index is 14.4. The van der Waals surface area contributed by atoms with Crippen LogP contribution in [0.15, 0.2) is 51.8 Å². The quantitative estimate of drug-likeness (QED) is 0.581. The number of halogens is 1. The van der Waals surface area contributed by atoms with Crippen LogP contribution in [0.1, 0.15) is 17.9 Å². The van der Waals surface area contributed by atoms with Gasteiger partial charge in [0.05, 0.1) is 5.69 Å². The fraction of sp³-hybridized carbons (Fsp3) is 0.190. The van der Waals surface area contributed by atoms with Crippen LogP contribution in [0.5, 0.6) is 0 Å². The number of oxazole rings is 1. The van der Waals surface area contributed by atoms with Crippen LogP contribution in [0.4, 0.5) is 4.39 Å². The first kappa shape index (κ1) is 16.8. The highest BCUT2D eigenvalue weighted by Gasteiger charge is 2.14. The predicted octanol–water partition coefficient (Wildman–Crippen LogP) is 3.33. The van der Waals surface area contributed by atoms with Crippen LogP contribution in [0.25, 0.3) is 33.6 Å². The van der Waals surface area contributed by atoms with Gasteiger partial charge >= 0.3 is 0 Å². The van der Waals surface area contributed by atoms with E-state index < -0.39 is 5.82 Å². The Morgan fingerprint density at radius 2 is 2.07 bits per heavy atom. The first-order valence-electron chi connectivity index (χ1n) is 9.09. The Morgan fingerprint density at radius 1 is 1.18 bits per heavy atom. The minimum atomic E-state index is -0.500. The molecule has 1 aliphatic rings. The van der Waals surface area contributed by atoms with Crippen molar-refractivity contribution in [2.45, 2.75) is 13.3 Å². The number of nitrogens with zero attached hydrogens (tertiary/aromatic N) is 3. The average Bonchev–Trinajstić information content (AvgIpc) is 3.09. The summed E-state index contributed by atoms with van der Waals surface area (Å²) in [6.45, 7) is 3.41. The Balaban J connectivity index is 1.63. The molecule has 0 aliphatic carbocycles. The number of benzene rings is 1. The summed E-state index contributed by atoms with van der Waals surface area (Å²) in [4.78, 5) is 21.3. The van der Waals surface area contributed by atoms with E-state index in [1.807, 2.05) is 18.3 Å². The number of hydrogen-bond donors (Lipinski definition) is 1. The van der Waals surface area contributed by atoms with E-state index in [1.54, 1.807) is 13.0 Å². The third kappa shape index (κ3) is 2.80. The first-order chi connectivity index (χ1) is 13.6. The molecule has 0 saturated carbocycles. The van der Waals surface area contributed by atoms with Crippen LogP contribution >= 0.6 is 0 Å². The molecule has 5 rings (SSSR count). The van der Waals surface area contributed by atoms with Crippen LogP contribution in [0.3, 0.4) is 0 Å². The van der Waals surface area contributed by atoms with Crippen LogP contribution < -0.4 is 10.9 Å². The van der Waals surface area contributed by atoms with Crippen molar-refractivity contribution in [2.24, 2.45) is 0 Å². The summed E-state index contributed by atoms with van der Waals surface area (Å²) >= 11 is 0. The molecular weight excluding hydrogens is 359 g/mol. The first-order valence-corrected chi connectivity index (χ1v) is 9.09. The van der Waals surface area contributed by atoms with Gasteiger partial charge in [-0.25, -0.2) is 14.4 Å². The van der Waals surface area contributed by atoms with Crippen molar-refractivity contribution in [3.05, 3.63) is 70.2 Å². The molecule has 0 radical (unpaired) electrons. The van der Waals surface area contributed by atoms with Crippen LogP contribution in [-0.4, -0.2) is 27.5 Å². The predicted molar refractivity (Wildman–Crippen MR) is 105 cm³/mol. The average molecular weight is 376 g/mol. The van der Waals surface area contributed by atoms with Gasteiger partial charge in [0.2, 0.25) is 0 Å². The molecule has 4 aromatic rings. The normalized spacial score (nSPS) is 14.6. The van der Waals surface area contributed by atoms with Gasteiger partial charge < -0.3 is 9.73 Å². The maximum absolute atomic E-state index is 14.4. The molecule has 7 heteroatoms. The molecule has 0 amide bonds. The van der Waals surface area contributed by atoms with E-state index in [9.17, 15) is 9.18 Å². The van der Waals surface area contributed by atoms with Crippen molar-refractivity contribution in [3.8, 4) is 11.3 Å². The van der Waals surface area contributed by atoms with Crippen molar-refractivity contribution < 1.29 is 8.81 Å². The van der Waals surface area contributed by atoms with Crippen molar-refractivity contribution in [2.75, 3.05) is 13.1 Å². The maximum Gasteiger partial charge on any atom is 0.258 e. The highest BCUT2D eigenvalue weighted by atomic mass is 19.1. The highest BCUT2D eigenvalue weighted by Crippen LogP contribution is 2.26. The van der Waals surface area contributed by atoms with Gasteiger partial charge in [0.15, 0.2) is 17.3 Å². The van der Waals surface area contributed by atoms with Crippen molar-refractivity contribution >= 4 is 22.3 Å². The third-order valence-corrected chi connectivity index (χ3v) is 4.95. The van der Waals surface area contributed by atoms with Gasteiger partial charge in [-0.05, 0) is 48.4 Å². The van der Waals surface area contributed by atoms with Crippen molar-refractivity contribution in [1.82, 2.24) is 19.7 Å². The lowest BCUT2D eigenvalue weighted by molar-refractivity contribution is 0.561. The Hall–Kier alpha value is -3.32. The number of aryl methyl sites for hydroxylation is 1. The molecule has 0 atom stereocenters. The Kier molecular flexibility index (Phi) is 3.84. The van der Waals surface area contributed by atoms with E-state index in [-0.39, 0.29) is 11.1 Å². The van der Waals surface area contributed by atoms with E-state index in [4.69, 9.17) is 4.42 Å². The van der Waals surface area contributed by atoms with E-state index in [2.05, 4.69) is 21.4 Å². The summed E-state index contributed by atoms with van der Waals surface area (Å²) < 4.78 is 21.3. The number of fused-ring (bicyclic) bond motifs is 2. The SMILES string of the molecule is Cc1nc2c(F)cc(-c3cc(=O)n4cc(C5=CCNCC5)ccc4n3)cc2o1. The number of hydrogen-bond acceptors (Lipinski definition) is 5. The topological polar surface area (TPSA) is 72.4 Å². The van der Waals surface area contributed by atoms with Gasteiger partial charge in [-0.2, -0.15) is 0 Å². The molecule has 1 aromatic carbocycles.